The van der Waals surface area contributed by atoms with E-state index in [9.17, 15) is 4.79 Å². The average Bonchev–Trinajstić information content (AvgIpc) is 2.69. The third kappa shape index (κ3) is 4.63. The molecule has 3 N–H and O–H groups in total. The third-order valence-electron chi connectivity index (χ3n) is 2.47. The van der Waals surface area contributed by atoms with Crippen LogP contribution in [0.1, 0.15) is 24.6 Å². The molecule has 1 amide bonds. The Balaban J connectivity index is 2.30. The first-order chi connectivity index (χ1) is 7.65. The SMILES string of the molecule is CCC(CN)CC(=O)NCc1cc(Br)cs1. The summed E-state index contributed by atoms with van der Waals surface area (Å²) in [5.41, 5.74) is 5.56. The molecule has 0 saturated carbocycles. The smallest absolute Gasteiger partial charge is 0.220 e. The Morgan fingerprint density at radius 2 is 2.44 bits per heavy atom. The highest BCUT2D eigenvalue weighted by molar-refractivity contribution is 9.10. The summed E-state index contributed by atoms with van der Waals surface area (Å²) in [7, 11) is 0. The fraction of sp³-hybridized carbons (Fsp3) is 0.545. The molecule has 1 heterocycles. The van der Waals surface area contributed by atoms with Crippen LogP contribution >= 0.6 is 27.3 Å². The zero-order valence-corrected chi connectivity index (χ0v) is 11.7. The number of nitrogens with one attached hydrogen (secondary N) is 1. The van der Waals surface area contributed by atoms with Gasteiger partial charge in [0, 0.05) is 21.2 Å². The molecule has 0 aliphatic carbocycles. The van der Waals surface area contributed by atoms with Crippen molar-refractivity contribution >= 4 is 33.2 Å². The van der Waals surface area contributed by atoms with Crippen LogP contribution in [-0.2, 0) is 11.3 Å². The molecule has 0 aromatic carbocycles. The Kier molecular flexibility index (Phi) is 6.01. The average molecular weight is 305 g/mol. The molecule has 16 heavy (non-hydrogen) atoms. The molecule has 90 valence electrons. The molecule has 0 spiro atoms. The molecule has 0 fully saturated rings. The van der Waals surface area contributed by atoms with Crippen LogP contribution in [0, 0.1) is 5.92 Å². The maximum Gasteiger partial charge on any atom is 0.220 e. The molecule has 1 aromatic rings. The summed E-state index contributed by atoms with van der Waals surface area (Å²) >= 11 is 5.02. The van der Waals surface area contributed by atoms with E-state index < -0.39 is 0 Å². The van der Waals surface area contributed by atoms with Crippen molar-refractivity contribution in [1.82, 2.24) is 5.32 Å². The van der Waals surface area contributed by atoms with Crippen molar-refractivity contribution in [3.05, 3.63) is 20.8 Å². The molecule has 3 nitrogen and oxygen atoms in total. The highest BCUT2D eigenvalue weighted by Crippen LogP contribution is 2.19. The first-order valence-electron chi connectivity index (χ1n) is 5.35. The number of amides is 1. The molecule has 1 atom stereocenters. The number of carbonyl (C=O) groups is 1. The molecule has 1 unspecified atom stereocenters. The highest BCUT2D eigenvalue weighted by atomic mass is 79.9. The Morgan fingerprint density at radius 1 is 1.69 bits per heavy atom. The minimum absolute atomic E-state index is 0.0850. The molecule has 1 rings (SSSR count). The van der Waals surface area contributed by atoms with Crippen molar-refractivity contribution in [3.63, 3.8) is 0 Å². The summed E-state index contributed by atoms with van der Waals surface area (Å²) in [6.45, 7) is 3.24. The van der Waals surface area contributed by atoms with Crippen molar-refractivity contribution in [2.75, 3.05) is 6.54 Å². The van der Waals surface area contributed by atoms with Gasteiger partial charge in [-0.15, -0.1) is 11.3 Å². The minimum atomic E-state index is 0.0850. The molecule has 0 radical (unpaired) electrons. The van der Waals surface area contributed by atoms with Crippen molar-refractivity contribution < 1.29 is 4.79 Å². The lowest BCUT2D eigenvalue weighted by atomic mass is 10.0. The normalized spacial score (nSPS) is 12.4. The van der Waals surface area contributed by atoms with Gasteiger partial charge in [0.15, 0.2) is 0 Å². The number of carbonyl (C=O) groups excluding carboxylic acids is 1. The van der Waals surface area contributed by atoms with E-state index in [0.29, 0.717) is 25.4 Å². The minimum Gasteiger partial charge on any atom is -0.351 e. The maximum absolute atomic E-state index is 11.6. The van der Waals surface area contributed by atoms with Gasteiger partial charge in [-0.2, -0.15) is 0 Å². The largest absolute Gasteiger partial charge is 0.351 e. The van der Waals surface area contributed by atoms with E-state index in [0.717, 1.165) is 15.8 Å². The van der Waals surface area contributed by atoms with Crippen molar-refractivity contribution in [1.29, 1.82) is 0 Å². The fourth-order valence-electron chi connectivity index (χ4n) is 1.36. The van der Waals surface area contributed by atoms with E-state index >= 15 is 0 Å². The summed E-state index contributed by atoms with van der Waals surface area (Å²) in [5.74, 6) is 0.386. The number of thiophene rings is 1. The van der Waals surface area contributed by atoms with Crippen LogP contribution in [-0.4, -0.2) is 12.5 Å². The molecule has 0 saturated heterocycles. The quantitative estimate of drug-likeness (QED) is 0.848. The van der Waals surface area contributed by atoms with Gasteiger partial charge in [0.2, 0.25) is 5.91 Å². The van der Waals surface area contributed by atoms with E-state index in [1.165, 1.54) is 0 Å². The Morgan fingerprint density at radius 3 is 2.94 bits per heavy atom. The predicted octanol–water partition coefficient (Wildman–Crippen LogP) is 2.50. The van der Waals surface area contributed by atoms with Gasteiger partial charge in [-0.3, -0.25) is 4.79 Å². The van der Waals surface area contributed by atoms with Crippen LogP contribution in [0.25, 0.3) is 0 Å². The summed E-state index contributed by atoms with van der Waals surface area (Å²) < 4.78 is 1.06. The molecule has 0 bridgehead atoms. The Bertz CT molecular complexity index is 336. The van der Waals surface area contributed by atoms with Gasteiger partial charge in [-0.05, 0) is 34.5 Å². The van der Waals surface area contributed by atoms with E-state index in [4.69, 9.17) is 5.73 Å². The summed E-state index contributed by atoms with van der Waals surface area (Å²) in [5, 5.41) is 4.92. The highest BCUT2D eigenvalue weighted by Gasteiger charge is 2.10. The van der Waals surface area contributed by atoms with Crippen LogP contribution in [0.4, 0.5) is 0 Å². The lowest BCUT2D eigenvalue weighted by Gasteiger charge is -2.11. The first-order valence-corrected chi connectivity index (χ1v) is 7.02. The van der Waals surface area contributed by atoms with Crippen LogP contribution in [0.2, 0.25) is 0 Å². The van der Waals surface area contributed by atoms with Crippen LogP contribution in [0.3, 0.4) is 0 Å². The van der Waals surface area contributed by atoms with E-state index in [2.05, 4.69) is 28.2 Å². The molecule has 1 aromatic heterocycles. The molecule has 0 aliphatic rings. The Hall–Kier alpha value is -0.390. The van der Waals surface area contributed by atoms with Crippen molar-refractivity contribution in [2.24, 2.45) is 11.7 Å². The van der Waals surface area contributed by atoms with Crippen molar-refractivity contribution in [2.45, 2.75) is 26.3 Å². The standard InChI is InChI=1S/C11H17BrN2OS/c1-2-8(5-13)3-11(15)14-6-10-4-9(12)7-16-10/h4,7-8H,2-3,5-6,13H2,1H3,(H,14,15). The van der Waals surface area contributed by atoms with Gasteiger partial charge < -0.3 is 11.1 Å². The number of hydrogen-bond donors (Lipinski definition) is 2. The van der Waals surface area contributed by atoms with Gasteiger partial charge in [-0.25, -0.2) is 0 Å². The number of rotatable bonds is 6. The van der Waals surface area contributed by atoms with Gasteiger partial charge >= 0.3 is 0 Å². The topological polar surface area (TPSA) is 55.1 Å². The lowest BCUT2D eigenvalue weighted by molar-refractivity contribution is -0.122. The van der Waals surface area contributed by atoms with Crippen LogP contribution < -0.4 is 11.1 Å². The second kappa shape index (κ2) is 7.04. The van der Waals surface area contributed by atoms with E-state index in [1.54, 1.807) is 11.3 Å². The van der Waals surface area contributed by atoms with Gasteiger partial charge in [-0.1, -0.05) is 13.3 Å². The van der Waals surface area contributed by atoms with Gasteiger partial charge in [0.25, 0.3) is 0 Å². The van der Waals surface area contributed by atoms with Crippen molar-refractivity contribution in [3.8, 4) is 0 Å². The van der Waals surface area contributed by atoms with Crippen LogP contribution in [0.5, 0.6) is 0 Å². The second-order valence-electron chi connectivity index (χ2n) is 3.72. The zero-order chi connectivity index (χ0) is 12.0. The van der Waals surface area contributed by atoms with Crippen LogP contribution in [0.15, 0.2) is 15.9 Å². The fourth-order valence-corrected chi connectivity index (χ4v) is 2.75. The monoisotopic (exact) mass is 304 g/mol. The molecule has 0 aliphatic heterocycles. The second-order valence-corrected chi connectivity index (χ2v) is 5.63. The maximum atomic E-state index is 11.6. The summed E-state index contributed by atoms with van der Waals surface area (Å²) in [4.78, 5) is 12.7. The number of hydrogen-bond acceptors (Lipinski definition) is 3. The first kappa shape index (κ1) is 13.7. The molecular formula is C11H17BrN2OS. The van der Waals surface area contributed by atoms with Gasteiger partial charge in [0.05, 0.1) is 6.54 Å². The van der Waals surface area contributed by atoms with E-state index in [-0.39, 0.29) is 5.91 Å². The van der Waals surface area contributed by atoms with E-state index in [1.807, 2.05) is 11.4 Å². The summed E-state index contributed by atoms with van der Waals surface area (Å²) in [6.07, 6.45) is 1.48. The Labute approximate surface area is 109 Å². The molecular weight excluding hydrogens is 288 g/mol. The third-order valence-corrected chi connectivity index (χ3v) is 4.16. The number of nitrogens with two attached hydrogens (primary N) is 1. The number of halogens is 1. The summed E-state index contributed by atoms with van der Waals surface area (Å²) in [6, 6.07) is 2.02. The lowest BCUT2D eigenvalue weighted by Crippen LogP contribution is -2.27. The zero-order valence-electron chi connectivity index (χ0n) is 9.33. The predicted molar refractivity (Wildman–Crippen MR) is 71.3 cm³/mol. The molecule has 5 heteroatoms. The van der Waals surface area contributed by atoms with Gasteiger partial charge in [0.1, 0.15) is 0 Å².